The van der Waals surface area contributed by atoms with Crippen LogP contribution in [0.1, 0.15) is 50.2 Å². The number of anilines is 1. The SMILES string of the molecule is CC(c1ccc(C(F)(F)F)cc1)C(O)(O)N(c1cc[c-]cc1)C(O)(O)C1(C)CC12CC2.[Y]. The van der Waals surface area contributed by atoms with Crippen LogP contribution >= 0.6 is 0 Å². The maximum atomic E-state index is 12.9. The standard InChI is InChI=1S/C23H25F3NO4.Y/c1-15(16-8-10-17(11-9-16)21(24,25)26)22(28,29)27(18-6-4-3-5-7-18)23(30,31)19(2)14-20(19)12-13-20;/h4-11,15,28-31H,12-14H2,1-2H3;/q-1;. The average Bonchev–Trinajstić information content (AvgIpc) is 3.59. The molecule has 2 aliphatic rings. The van der Waals surface area contributed by atoms with Crippen molar-refractivity contribution in [3.8, 4) is 0 Å². The van der Waals surface area contributed by atoms with Crippen molar-refractivity contribution < 1.29 is 66.3 Å². The summed E-state index contributed by atoms with van der Waals surface area (Å²) in [6, 6.07) is 12.8. The van der Waals surface area contributed by atoms with Crippen LogP contribution in [0, 0.1) is 16.9 Å². The van der Waals surface area contributed by atoms with Crippen molar-refractivity contribution in [1.82, 2.24) is 0 Å². The summed E-state index contributed by atoms with van der Waals surface area (Å²) in [5.74, 6) is -6.63. The van der Waals surface area contributed by atoms with Crippen LogP contribution in [0.25, 0.3) is 0 Å². The van der Waals surface area contributed by atoms with Gasteiger partial charge in [-0.05, 0) is 42.4 Å². The van der Waals surface area contributed by atoms with Gasteiger partial charge in [0, 0.05) is 38.1 Å². The molecule has 0 saturated heterocycles. The van der Waals surface area contributed by atoms with Crippen LogP contribution in [-0.2, 0) is 38.9 Å². The molecule has 4 N–H and O–H groups in total. The van der Waals surface area contributed by atoms with E-state index >= 15 is 0 Å². The molecule has 0 aliphatic heterocycles. The van der Waals surface area contributed by atoms with E-state index in [9.17, 15) is 33.6 Å². The van der Waals surface area contributed by atoms with Gasteiger partial charge in [-0.2, -0.15) is 31.4 Å². The number of alkyl halides is 3. The molecule has 32 heavy (non-hydrogen) atoms. The normalized spacial score (nSPS) is 22.8. The predicted molar refractivity (Wildman–Crippen MR) is 106 cm³/mol. The Morgan fingerprint density at radius 1 is 0.969 bits per heavy atom. The first-order valence-electron chi connectivity index (χ1n) is 10.1. The number of benzene rings is 2. The maximum Gasteiger partial charge on any atom is 0.416 e. The first-order valence-corrected chi connectivity index (χ1v) is 10.1. The molecule has 1 spiro atoms. The molecule has 0 amide bonds. The Morgan fingerprint density at radius 2 is 1.50 bits per heavy atom. The molecule has 2 aliphatic carbocycles. The van der Waals surface area contributed by atoms with Crippen molar-refractivity contribution in [2.75, 3.05) is 4.90 Å². The fraction of sp³-hybridized carbons (Fsp3) is 0.478. The topological polar surface area (TPSA) is 84.2 Å². The molecule has 4 rings (SSSR count). The third-order valence-electron chi connectivity index (χ3n) is 7.25. The van der Waals surface area contributed by atoms with Gasteiger partial charge in [0.25, 0.3) is 11.8 Å². The van der Waals surface area contributed by atoms with E-state index in [1.54, 1.807) is 6.92 Å². The average molecular weight is 525 g/mol. The fourth-order valence-electron chi connectivity index (χ4n) is 4.74. The molecule has 2 unspecified atom stereocenters. The molecule has 9 heteroatoms. The van der Waals surface area contributed by atoms with E-state index in [0.29, 0.717) is 6.42 Å². The summed E-state index contributed by atoms with van der Waals surface area (Å²) in [5.41, 5.74) is -1.76. The summed E-state index contributed by atoms with van der Waals surface area (Å²) in [4.78, 5) is 0.753. The second kappa shape index (κ2) is 8.03. The smallest absolute Gasteiger partial charge is 0.348 e. The number of hydrogen-bond acceptors (Lipinski definition) is 5. The van der Waals surface area contributed by atoms with Crippen molar-refractivity contribution in [1.29, 1.82) is 0 Å². The molecule has 0 heterocycles. The molecule has 0 bridgehead atoms. The first kappa shape index (κ1) is 25.6. The maximum absolute atomic E-state index is 12.9. The molecule has 171 valence electrons. The van der Waals surface area contributed by atoms with Gasteiger partial charge in [0.2, 0.25) is 0 Å². The number of nitrogens with zero attached hydrogens (tertiary/aromatic N) is 1. The molecule has 2 fully saturated rings. The zero-order chi connectivity index (χ0) is 22.9. The van der Waals surface area contributed by atoms with Crippen molar-refractivity contribution in [2.24, 2.45) is 10.8 Å². The number of rotatable bonds is 6. The Bertz CT molecular complexity index is 961. The van der Waals surface area contributed by atoms with Gasteiger partial charge < -0.3 is 20.4 Å². The Labute approximate surface area is 209 Å². The summed E-state index contributed by atoms with van der Waals surface area (Å²) >= 11 is 0. The molecular weight excluding hydrogens is 500 g/mol. The minimum absolute atomic E-state index is 0. The fourth-order valence-corrected chi connectivity index (χ4v) is 4.74. The minimum Gasteiger partial charge on any atom is -0.348 e. The van der Waals surface area contributed by atoms with E-state index < -0.39 is 34.9 Å². The minimum atomic E-state index is -4.52. The van der Waals surface area contributed by atoms with Gasteiger partial charge in [-0.25, -0.2) is 0 Å². The Kier molecular flexibility index (Phi) is 6.42. The molecule has 2 atom stereocenters. The number of halogens is 3. The van der Waals surface area contributed by atoms with E-state index in [1.807, 2.05) is 0 Å². The van der Waals surface area contributed by atoms with Gasteiger partial charge in [-0.15, -0.1) is 12.1 Å². The van der Waals surface area contributed by atoms with E-state index in [-0.39, 0.29) is 49.4 Å². The van der Waals surface area contributed by atoms with Crippen LogP contribution in [0.5, 0.6) is 0 Å². The van der Waals surface area contributed by atoms with Crippen LogP contribution < -0.4 is 4.90 Å². The first-order chi connectivity index (χ1) is 14.3. The third kappa shape index (κ3) is 3.93. The third-order valence-corrected chi connectivity index (χ3v) is 7.25. The van der Waals surface area contributed by atoms with Crippen molar-refractivity contribution in [2.45, 2.75) is 57.0 Å². The van der Waals surface area contributed by atoms with Gasteiger partial charge in [0.1, 0.15) is 0 Å². The van der Waals surface area contributed by atoms with Crippen molar-refractivity contribution >= 4 is 5.69 Å². The largest absolute Gasteiger partial charge is 0.416 e. The van der Waals surface area contributed by atoms with E-state index in [4.69, 9.17) is 0 Å². The van der Waals surface area contributed by atoms with Crippen molar-refractivity contribution in [3.05, 3.63) is 65.7 Å². The van der Waals surface area contributed by atoms with E-state index in [0.717, 1.165) is 42.0 Å². The predicted octanol–water partition coefficient (Wildman–Crippen LogP) is 3.58. The Hall–Kier alpha value is -1.03. The molecule has 1 radical (unpaired) electrons. The second-order valence-electron chi connectivity index (χ2n) is 9.05. The summed E-state index contributed by atoms with van der Waals surface area (Å²) in [5, 5.41) is 45.0. The summed E-state index contributed by atoms with van der Waals surface area (Å²) in [6.07, 6.45) is -2.36. The van der Waals surface area contributed by atoms with E-state index in [2.05, 4.69) is 6.07 Å². The number of hydrogen-bond donors (Lipinski definition) is 4. The monoisotopic (exact) mass is 525 g/mol. The van der Waals surface area contributed by atoms with Crippen LogP contribution in [-0.4, -0.2) is 32.2 Å². The van der Waals surface area contributed by atoms with Gasteiger partial charge in [0.05, 0.1) is 11.5 Å². The molecule has 2 aromatic rings. The zero-order valence-corrected chi connectivity index (χ0v) is 20.6. The molecule has 0 aromatic heterocycles. The molecule has 2 aromatic carbocycles. The van der Waals surface area contributed by atoms with E-state index in [1.165, 1.54) is 31.2 Å². The second-order valence-corrected chi connectivity index (χ2v) is 9.05. The van der Waals surface area contributed by atoms with Crippen LogP contribution in [0.15, 0.2) is 48.5 Å². The summed E-state index contributed by atoms with van der Waals surface area (Å²) in [7, 11) is 0. The van der Waals surface area contributed by atoms with Crippen LogP contribution in [0.2, 0.25) is 0 Å². The van der Waals surface area contributed by atoms with Gasteiger partial charge in [0.15, 0.2) is 0 Å². The summed E-state index contributed by atoms with van der Waals surface area (Å²) in [6.45, 7) is 3.10. The molecule has 5 nitrogen and oxygen atoms in total. The van der Waals surface area contributed by atoms with Crippen LogP contribution in [0.3, 0.4) is 0 Å². The van der Waals surface area contributed by atoms with Gasteiger partial charge in [-0.1, -0.05) is 31.7 Å². The van der Waals surface area contributed by atoms with Gasteiger partial charge in [-0.3, -0.25) is 4.90 Å². The van der Waals surface area contributed by atoms with Gasteiger partial charge >= 0.3 is 6.18 Å². The zero-order valence-electron chi connectivity index (χ0n) is 17.8. The van der Waals surface area contributed by atoms with Crippen LogP contribution in [0.4, 0.5) is 18.9 Å². The molecular formula is C23H25F3NO4Y-. The number of aliphatic hydroxyl groups is 4. The Morgan fingerprint density at radius 3 is 1.94 bits per heavy atom. The quantitative estimate of drug-likeness (QED) is 0.343. The molecule has 2 saturated carbocycles. The van der Waals surface area contributed by atoms with Crippen molar-refractivity contribution in [3.63, 3.8) is 0 Å². The Balaban J connectivity index is 0.00000289. The summed E-state index contributed by atoms with van der Waals surface area (Å²) < 4.78 is 38.7.